The summed E-state index contributed by atoms with van der Waals surface area (Å²) in [6.07, 6.45) is 4.25. The maximum atomic E-state index is 15.0. The summed E-state index contributed by atoms with van der Waals surface area (Å²) in [6.45, 7) is 10.1. The first-order valence-corrected chi connectivity index (χ1v) is 20.2. The number of hydrogen-bond donors (Lipinski definition) is 2. The summed E-state index contributed by atoms with van der Waals surface area (Å²) in [5.74, 6) is 1.62. The Morgan fingerprint density at radius 2 is 1.72 bits per heavy atom. The minimum Gasteiger partial charge on any atom is -0.493 e. The number of H-pyrrole nitrogens is 1. The number of rotatable bonds is 11. The van der Waals surface area contributed by atoms with Gasteiger partial charge in [-0.1, -0.05) is 6.07 Å². The van der Waals surface area contributed by atoms with Crippen molar-refractivity contribution in [2.24, 2.45) is 13.0 Å². The minimum atomic E-state index is -0.610. The second-order valence-corrected chi connectivity index (χ2v) is 16.0. The third kappa shape index (κ3) is 8.07. The van der Waals surface area contributed by atoms with Crippen LogP contribution in [0, 0.1) is 11.7 Å². The zero-order valence-electron chi connectivity index (χ0n) is 30.7. The first kappa shape index (κ1) is 36.7. The van der Waals surface area contributed by atoms with Gasteiger partial charge in [-0.25, -0.2) is 14.2 Å². The average molecular weight is 762 g/mol. The van der Waals surface area contributed by atoms with E-state index in [0.717, 1.165) is 108 Å². The van der Waals surface area contributed by atoms with Gasteiger partial charge in [0.2, 0.25) is 5.91 Å². The summed E-state index contributed by atoms with van der Waals surface area (Å²) < 4.78 is 28.4. The number of halogens is 1. The molecule has 4 aromatic rings. The number of carbonyl (C=O) groups excluding carboxylic acids is 2. The van der Waals surface area contributed by atoms with E-state index in [1.54, 1.807) is 22.7 Å². The first-order valence-electron chi connectivity index (χ1n) is 19.1. The number of carbonyl (C=O) groups is 2. The molecule has 16 heteroatoms. The monoisotopic (exact) mass is 761 g/mol. The van der Waals surface area contributed by atoms with Crippen LogP contribution in [-0.4, -0.2) is 125 Å². The molecule has 2 N–H and O–H groups in total. The molecule has 0 radical (unpaired) electrons. The Balaban J connectivity index is 0.792. The van der Waals surface area contributed by atoms with Crippen LogP contribution in [0.2, 0.25) is 0 Å². The fourth-order valence-corrected chi connectivity index (χ4v) is 9.10. The van der Waals surface area contributed by atoms with Gasteiger partial charge in [-0.2, -0.15) is 16.9 Å². The van der Waals surface area contributed by atoms with Gasteiger partial charge in [0.25, 0.3) is 5.56 Å². The lowest BCUT2D eigenvalue weighted by Crippen LogP contribution is -2.49. The molecule has 0 aliphatic carbocycles. The predicted octanol–water partition coefficient (Wildman–Crippen LogP) is 3.72. The maximum absolute atomic E-state index is 15.0. The van der Waals surface area contributed by atoms with Crippen molar-refractivity contribution in [1.82, 2.24) is 34.9 Å². The molecule has 3 amide bonds. The molecule has 0 spiro atoms. The summed E-state index contributed by atoms with van der Waals surface area (Å²) in [5, 5.41) is 8.45. The van der Waals surface area contributed by atoms with Crippen LogP contribution < -0.4 is 25.4 Å². The number of likely N-dealkylation sites (tertiary alicyclic amines) is 1. The number of imide groups is 1. The number of aromatic amines is 1. The molecule has 4 aliphatic rings. The molecule has 2 aromatic heterocycles. The highest BCUT2D eigenvalue weighted by molar-refractivity contribution is 7.99. The topological polar surface area (TPSA) is 141 Å². The Labute approximate surface area is 317 Å². The second kappa shape index (κ2) is 16.2. The van der Waals surface area contributed by atoms with E-state index in [-0.39, 0.29) is 17.7 Å². The van der Waals surface area contributed by atoms with Crippen molar-refractivity contribution in [1.29, 1.82) is 0 Å². The van der Waals surface area contributed by atoms with Crippen LogP contribution in [0.25, 0.3) is 21.8 Å². The number of aryl methyl sites for hydroxylation is 1. The average Bonchev–Trinajstić information content (AvgIpc) is 3.52. The Hall–Kier alpha value is -4.25. The van der Waals surface area contributed by atoms with Gasteiger partial charge in [-0.3, -0.25) is 29.4 Å². The number of amides is 3. The molecule has 2 aromatic carbocycles. The molecule has 6 heterocycles. The molecule has 4 fully saturated rings. The number of ether oxygens (including phenoxy) is 2. The zero-order valence-corrected chi connectivity index (χ0v) is 31.5. The molecule has 0 unspecified atom stereocenters. The van der Waals surface area contributed by atoms with Crippen LogP contribution in [0.1, 0.15) is 37.9 Å². The molecular formula is C38H48FN9O5S. The van der Waals surface area contributed by atoms with E-state index in [1.165, 1.54) is 6.07 Å². The molecule has 0 atom stereocenters. The standard InChI is InChI=1S/C38H48FN9O5S/c1-44-35-28(36(43-44)48-12-7-33(49)42-38(48)51)3-2-4-31(35)47-17-15-46(16-18-47)14-13-45-10-5-25(6-11-45)23-53-26-21-29(39)34-30(22-26)40-32(41-37(34)50)24-54-27-8-19-52-20-9-27/h2-4,21-22,25,27H,5-20,23-24H2,1H3,(H,40,41,50)(H,42,49,51). The fourth-order valence-electron chi connectivity index (χ4n) is 8.04. The van der Waals surface area contributed by atoms with Crippen molar-refractivity contribution in [3.05, 3.63) is 52.3 Å². The van der Waals surface area contributed by atoms with E-state index in [4.69, 9.17) is 14.6 Å². The van der Waals surface area contributed by atoms with Gasteiger partial charge >= 0.3 is 6.03 Å². The van der Waals surface area contributed by atoms with Gasteiger partial charge < -0.3 is 24.3 Å². The Kier molecular flexibility index (Phi) is 11.0. The number of hydrogen-bond acceptors (Lipinski definition) is 11. The quantitative estimate of drug-likeness (QED) is 0.231. The molecule has 54 heavy (non-hydrogen) atoms. The summed E-state index contributed by atoms with van der Waals surface area (Å²) in [7, 11) is 1.91. The van der Waals surface area contributed by atoms with Gasteiger partial charge in [0.15, 0.2) is 5.82 Å². The van der Waals surface area contributed by atoms with Crippen LogP contribution in [-0.2, 0) is 22.3 Å². The van der Waals surface area contributed by atoms with E-state index >= 15 is 4.39 Å². The van der Waals surface area contributed by atoms with E-state index < -0.39 is 17.4 Å². The molecule has 14 nitrogen and oxygen atoms in total. The normalized spacial score (nSPS) is 20.0. The number of anilines is 2. The molecule has 8 rings (SSSR count). The highest BCUT2D eigenvalue weighted by Crippen LogP contribution is 2.34. The number of piperazine rings is 1. The van der Waals surface area contributed by atoms with Crippen LogP contribution in [0.4, 0.5) is 20.7 Å². The van der Waals surface area contributed by atoms with Crippen molar-refractivity contribution in [3.63, 3.8) is 0 Å². The van der Waals surface area contributed by atoms with Gasteiger partial charge in [0.05, 0.1) is 29.1 Å². The number of urea groups is 1. The Morgan fingerprint density at radius 1 is 0.963 bits per heavy atom. The van der Waals surface area contributed by atoms with E-state index in [0.29, 0.717) is 53.0 Å². The number of thioether (sulfide) groups is 1. The molecule has 4 aliphatic heterocycles. The summed E-state index contributed by atoms with van der Waals surface area (Å²) in [5.41, 5.74) is 1.97. The maximum Gasteiger partial charge on any atom is 0.329 e. The van der Waals surface area contributed by atoms with Gasteiger partial charge in [-0.05, 0) is 56.8 Å². The van der Waals surface area contributed by atoms with Crippen LogP contribution in [0.15, 0.2) is 35.1 Å². The number of fused-ring (bicyclic) bond motifs is 2. The largest absolute Gasteiger partial charge is 0.493 e. The van der Waals surface area contributed by atoms with Crippen LogP contribution >= 0.6 is 11.8 Å². The summed E-state index contributed by atoms with van der Waals surface area (Å²) in [6, 6.07) is 8.70. The number of benzene rings is 2. The summed E-state index contributed by atoms with van der Waals surface area (Å²) >= 11 is 1.75. The highest BCUT2D eigenvalue weighted by Gasteiger charge is 2.30. The molecule has 4 saturated heterocycles. The molecular weight excluding hydrogens is 714 g/mol. The van der Waals surface area contributed by atoms with Crippen molar-refractivity contribution < 1.29 is 23.5 Å². The van der Waals surface area contributed by atoms with Crippen molar-refractivity contribution in [2.75, 3.05) is 88.5 Å². The SMILES string of the molecule is Cn1nc(N2CCC(=O)NC2=O)c2cccc(N3CCN(CCN4CCC(COc5cc(F)c6c(=O)[nH]c(CSC7CCOCC7)nc6c5)CC4)CC3)c21. The number of nitrogens with one attached hydrogen (secondary N) is 2. The Morgan fingerprint density at radius 3 is 2.48 bits per heavy atom. The van der Waals surface area contributed by atoms with Gasteiger partial charge in [0.1, 0.15) is 22.8 Å². The van der Waals surface area contributed by atoms with Crippen LogP contribution in [0.5, 0.6) is 5.75 Å². The lowest BCUT2D eigenvalue weighted by molar-refractivity contribution is -0.120. The fraction of sp³-hybridized carbons (Fsp3) is 0.553. The van der Waals surface area contributed by atoms with Gasteiger partial charge in [-0.15, -0.1) is 0 Å². The van der Waals surface area contributed by atoms with Crippen LogP contribution in [0.3, 0.4) is 0 Å². The number of nitrogens with zero attached hydrogens (tertiary/aromatic N) is 7. The van der Waals surface area contributed by atoms with E-state index in [2.05, 4.69) is 36.1 Å². The van der Waals surface area contributed by atoms with Crippen molar-refractivity contribution >= 4 is 57.0 Å². The summed E-state index contributed by atoms with van der Waals surface area (Å²) in [4.78, 5) is 53.4. The smallest absolute Gasteiger partial charge is 0.329 e. The zero-order chi connectivity index (χ0) is 37.2. The predicted molar refractivity (Wildman–Crippen MR) is 207 cm³/mol. The highest BCUT2D eigenvalue weighted by atomic mass is 32.2. The van der Waals surface area contributed by atoms with Gasteiger partial charge in [0, 0.05) is 95.3 Å². The first-order chi connectivity index (χ1) is 26.3. The number of piperidine rings is 1. The number of aromatic nitrogens is 4. The third-order valence-electron chi connectivity index (χ3n) is 11.2. The lowest BCUT2D eigenvalue weighted by Gasteiger charge is -2.38. The van der Waals surface area contributed by atoms with E-state index in [1.807, 2.05) is 23.9 Å². The number of para-hydroxylation sites is 1. The second-order valence-electron chi connectivity index (χ2n) is 14.7. The van der Waals surface area contributed by atoms with Crippen molar-refractivity contribution in [3.8, 4) is 5.75 Å². The van der Waals surface area contributed by atoms with E-state index in [9.17, 15) is 14.4 Å². The minimum absolute atomic E-state index is 0.0262. The molecule has 288 valence electrons. The molecule has 0 saturated carbocycles. The lowest BCUT2D eigenvalue weighted by atomic mass is 9.98. The van der Waals surface area contributed by atoms with Crippen molar-refractivity contribution in [2.45, 2.75) is 43.1 Å². The molecule has 0 bridgehead atoms. The third-order valence-corrected chi connectivity index (χ3v) is 12.6. The Bertz CT molecular complexity index is 2050.